The number of nitrogens with zero attached hydrogens (tertiary/aromatic N) is 1. The van der Waals surface area contributed by atoms with Crippen molar-refractivity contribution in [3.63, 3.8) is 0 Å². The number of anilines is 1. The van der Waals surface area contributed by atoms with Crippen molar-refractivity contribution in [3.05, 3.63) is 23.4 Å². The molecule has 1 aliphatic carbocycles. The minimum atomic E-state index is 0.379. The first-order valence-corrected chi connectivity index (χ1v) is 7.20. The van der Waals surface area contributed by atoms with Crippen molar-refractivity contribution in [3.8, 4) is 0 Å². The lowest BCUT2D eigenvalue weighted by molar-refractivity contribution is 0.0658. The molecule has 1 saturated carbocycles. The van der Waals surface area contributed by atoms with E-state index < -0.39 is 0 Å². The smallest absolute Gasteiger partial charge is 0.136 e. The molecule has 0 radical (unpaired) electrons. The number of rotatable bonds is 6. The van der Waals surface area contributed by atoms with Gasteiger partial charge in [0.1, 0.15) is 10.8 Å². The Morgan fingerprint density at radius 1 is 1.53 bits per heavy atom. The summed E-state index contributed by atoms with van der Waals surface area (Å²) in [5, 5.41) is 3.26. The summed E-state index contributed by atoms with van der Waals surface area (Å²) in [6, 6.07) is 1.91. The van der Waals surface area contributed by atoms with Crippen LogP contribution in [0.15, 0.2) is 12.3 Å². The quantitative estimate of drug-likeness (QED) is 0.618. The van der Waals surface area contributed by atoms with Gasteiger partial charge in [-0.15, -0.1) is 0 Å². The lowest BCUT2D eigenvalue weighted by atomic mass is 10.1. The Morgan fingerprint density at radius 3 is 2.95 bits per heavy atom. The van der Waals surface area contributed by atoms with Crippen molar-refractivity contribution >= 4 is 23.0 Å². The molecule has 0 bridgehead atoms. The zero-order chi connectivity index (χ0) is 13.7. The van der Waals surface area contributed by atoms with Crippen LogP contribution in [0.1, 0.15) is 36.8 Å². The molecular weight excluding hydrogens is 258 g/mol. The molecule has 0 spiro atoms. The molecule has 0 amide bonds. The molecule has 3 N–H and O–H groups in total. The fourth-order valence-corrected chi connectivity index (χ4v) is 2.71. The fraction of sp³-hybridized carbons (Fsp3) is 0.571. The van der Waals surface area contributed by atoms with Gasteiger partial charge in [0.2, 0.25) is 0 Å². The van der Waals surface area contributed by atoms with Gasteiger partial charge in [-0.3, -0.25) is 0 Å². The number of aromatic nitrogens is 1. The van der Waals surface area contributed by atoms with Crippen LogP contribution in [0.4, 0.5) is 5.82 Å². The van der Waals surface area contributed by atoms with E-state index in [1.807, 2.05) is 13.0 Å². The average molecular weight is 279 g/mol. The fourth-order valence-electron chi connectivity index (χ4n) is 2.45. The monoisotopic (exact) mass is 279 g/mol. The molecule has 19 heavy (non-hydrogen) atoms. The standard InChI is InChI=1S/C14H21N3OS/c1-10-6-7-16-14(12(10)13(15)19)17-8-9-18-11-4-2-3-5-11/h6-7,11H,2-5,8-9H2,1H3,(H2,15,19)(H,16,17). The molecule has 1 aromatic heterocycles. The van der Waals surface area contributed by atoms with Crippen LogP contribution in [0.5, 0.6) is 0 Å². The number of thiocarbonyl (C=S) groups is 1. The van der Waals surface area contributed by atoms with Crippen LogP contribution >= 0.6 is 12.2 Å². The Balaban J connectivity index is 1.85. The average Bonchev–Trinajstić information content (AvgIpc) is 2.87. The van der Waals surface area contributed by atoms with Gasteiger partial charge in [-0.1, -0.05) is 25.1 Å². The molecule has 2 rings (SSSR count). The topological polar surface area (TPSA) is 60.2 Å². The highest BCUT2D eigenvalue weighted by atomic mass is 32.1. The van der Waals surface area contributed by atoms with Crippen LogP contribution < -0.4 is 11.1 Å². The molecule has 1 heterocycles. The van der Waals surface area contributed by atoms with Crippen LogP contribution in [0.25, 0.3) is 0 Å². The zero-order valence-corrected chi connectivity index (χ0v) is 12.1. The van der Waals surface area contributed by atoms with E-state index in [-0.39, 0.29) is 0 Å². The highest BCUT2D eigenvalue weighted by Gasteiger charge is 2.15. The molecule has 0 aromatic carbocycles. The number of ether oxygens (including phenoxy) is 1. The minimum absolute atomic E-state index is 0.379. The Hall–Kier alpha value is -1.20. The first-order valence-electron chi connectivity index (χ1n) is 6.79. The molecule has 1 aromatic rings. The summed E-state index contributed by atoms with van der Waals surface area (Å²) in [4.78, 5) is 4.68. The molecule has 0 atom stereocenters. The van der Waals surface area contributed by atoms with E-state index in [1.54, 1.807) is 6.20 Å². The van der Waals surface area contributed by atoms with Crippen molar-refractivity contribution < 1.29 is 4.74 Å². The minimum Gasteiger partial charge on any atom is -0.389 e. The molecule has 0 aliphatic heterocycles. The first kappa shape index (κ1) is 14.2. The SMILES string of the molecule is Cc1ccnc(NCCOC2CCCC2)c1C(N)=S. The third-order valence-corrected chi connectivity index (χ3v) is 3.66. The van der Waals surface area contributed by atoms with Crippen molar-refractivity contribution in [2.45, 2.75) is 38.7 Å². The van der Waals surface area contributed by atoms with Crippen LogP contribution in [-0.2, 0) is 4.74 Å². The van der Waals surface area contributed by atoms with Gasteiger partial charge in [-0.25, -0.2) is 4.98 Å². The second-order valence-corrected chi connectivity index (χ2v) is 5.36. The molecule has 104 valence electrons. The second-order valence-electron chi connectivity index (χ2n) is 4.92. The molecular formula is C14H21N3OS. The van der Waals surface area contributed by atoms with Gasteiger partial charge in [-0.2, -0.15) is 0 Å². The van der Waals surface area contributed by atoms with Gasteiger partial charge >= 0.3 is 0 Å². The molecule has 5 heteroatoms. The van der Waals surface area contributed by atoms with E-state index in [4.69, 9.17) is 22.7 Å². The summed E-state index contributed by atoms with van der Waals surface area (Å²) in [5.41, 5.74) is 7.61. The summed E-state index contributed by atoms with van der Waals surface area (Å²) < 4.78 is 5.80. The van der Waals surface area contributed by atoms with E-state index in [0.717, 1.165) is 23.5 Å². The Bertz CT molecular complexity index is 444. The summed E-state index contributed by atoms with van der Waals surface area (Å²) in [5.74, 6) is 0.752. The van der Waals surface area contributed by atoms with Crippen LogP contribution in [0.3, 0.4) is 0 Å². The summed E-state index contributed by atoms with van der Waals surface area (Å²) in [6.07, 6.45) is 7.19. The summed E-state index contributed by atoms with van der Waals surface area (Å²) in [7, 11) is 0. The molecule has 4 nitrogen and oxygen atoms in total. The third kappa shape index (κ3) is 3.88. The van der Waals surface area contributed by atoms with Gasteiger partial charge in [-0.05, 0) is 31.4 Å². The van der Waals surface area contributed by atoms with E-state index in [1.165, 1.54) is 25.7 Å². The van der Waals surface area contributed by atoms with Gasteiger partial charge in [0.15, 0.2) is 0 Å². The number of hydrogen-bond donors (Lipinski definition) is 2. The van der Waals surface area contributed by atoms with Crippen molar-refractivity contribution in [1.29, 1.82) is 0 Å². The van der Waals surface area contributed by atoms with E-state index in [9.17, 15) is 0 Å². The highest BCUT2D eigenvalue weighted by Crippen LogP contribution is 2.21. The number of nitrogens with one attached hydrogen (secondary N) is 1. The zero-order valence-electron chi connectivity index (χ0n) is 11.3. The maximum atomic E-state index is 5.80. The Kier molecular flexibility index (Phi) is 5.10. The highest BCUT2D eigenvalue weighted by molar-refractivity contribution is 7.80. The maximum absolute atomic E-state index is 5.80. The molecule has 1 aliphatic rings. The number of hydrogen-bond acceptors (Lipinski definition) is 4. The normalized spacial score (nSPS) is 15.6. The predicted molar refractivity (Wildman–Crippen MR) is 81.6 cm³/mol. The first-order chi connectivity index (χ1) is 9.18. The van der Waals surface area contributed by atoms with Crippen molar-refractivity contribution in [2.75, 3.05) is 18.5 Å². The predicted octanol–water partition coefficient (Wildman–Crippen LogP) is 2.40. The number of aryl methyl sites for hydroxylation is 1. The largest absolute Gasteiger partial charge is 0.389 e. The number of nitrogens with two attached hydrogens (primary N) is 1. The van der Waals surface area contributed by atoms with Crippen molar-refractivity contribution in [1.82, 2.24) is 4.98 Å². The third-order valence-electron chi connectivity index (χ3n) is 3.46. The Labute approximate surface area is 119 Å². The van der Waals surface area contributed by atoms with Crippen molar-refractivity contribution in [2.24, 2.45) is 5.73 Å². The second kappa shape index (κ2) is 6.82. The number of pyridine rings is 1. The van der Waals surface area contributed by atoms with Gasteiger partial charge in [0.25, 0.3) is 0 Å². The lowest BCUT2D eigenvalue weighted by Crippen LogP contribution is -2.19. The van der Waals surface area contributed by atoms with Crippen LogP contribution in [0, 0.1) is 6.92 Å². The molecule has 0 unspecified atom stereocenters. The summed E-state index contributed by atoms with van der Waals surface area (Å²) >= 11 is 5.07. The molecule has 0 saturated heterocycles. The van der Waals surface area contributed by atoms with Gasteiger partial charge in [0.05, 0.1) is 18.3 Å². The van der Waals surface area contributed by atoms with E-state index in [2.05, 4.69) is 10.3 Å². The maximum Gasteiger partial charge on any atom is 0.136 e. The van der Waals surface area contributed by atoms with Gasteiger partial charge < -0.3 is 15.8 Å². The lowest BCUT2D eigenvalue weighted by Gasteiger charge is -2.14. The van der Waals surface area contributed by atoms with Crippen LogP contribution in [0.2, 0.25) is 0 Å². The molecule has 1 fully saturated rings. The van der Waals surface area contributed by atoms with E-state index >= 15 is 0 Å². The summed E-state index contributed by atoms with van der Waals surface area (Å²) in [6.45, 7) is 3.40. The van der Waals surface area contributed by atoms with E-state index in [0.29, 0.717) is 17.7 Å². The van der Waals surface area contributed by atoms with Crippen LogP contribution in [-0.4, -0.2) is 29.2 Å². The Morgan fingerprint density at radius 2 is 2.26 bits per heavy atom. The van der Waals surface area contributed by atoms with Gasteiger partial charge in [0, 0.05) is 12.7 Å².